The van der Waals surface area contributed by atoms with Crippen molar-refractivity contribution in [2.75, 3.05) is 25.5 Å². The zero-order chi connectivity index (χ0) is 19.6. The van der Waals surface area contributed by atoms with Crippen molar-refractivity contribution < 1.29 is 22.5 Å². The van der Waals surface area contributed by atoms with Gasteiger partial charge in [0.05, 0.1) is 13.0 Å². The third-order valence-corrected chi connectivity index (χ3v) is 6.79. The van der Waals surface area contributed by atoms with E-state index in [9.17, 15) is 13.2 Å². The number of rotatable bonds is 5. The molecular weight excluding hydrogens is 370 g/mol. The molecule has 1 aromatic carbocycles. The molecule has 0 radical (unpaired) electrons. The Morgan fingerprint density at radius 3 is 2.59 bits per heavy atom. The maximum absolute atomic E-state index is 13.0. The number of methoxy groups -OCH3 is 1. The monoisotopic (exact) mass is 393 g/mol. The lowest BCUT2D eigenvalue weighted by Gasteiger charge is -2.31. The van der Waals surface area contributed by atoms with Crippen LogP contribution in [-0.4, -0.2) is 44.0 Å². The van der Waals surface area contributed by atoms with Crippen molar-refractivity contribution in [3.8, 4) is 5.75 Å². The Labute approximate surface area is 158 Å². The average molecular weight is 393 g/mol. The van der Waals surface area contributed by atoms with Gasteiger partial charge >= 0.3 is 0 Å². The molecule has 1 atom stereocenters. The highest BCUT2D eigenvalue weighted by atomic mass is 32.2. The largest absolute Gasteiger partial charge is 0.497 e. The fourth-order valence-corrected chi connectivity index (χ4v) is 5.08. The summed E-state index contributed by atoms with van der Waals surface area (Å²) >= 11 is 0. The van der Waals surface area contributed by atoms with Crippen molar-refractivity contribution in [1.29, 1.82) is 0 Å². The van der Waals surface area contributed by atoms with Crippen LogP contribution in [0.1, 0.15) is 24.3 Å². The summed E-state index contributed by atoms with van der Waals surface area (Å²) in [5.74, 6) is 0.342. The molecule has 1 unspecified atom stereocenters. The van der Waals surface area contributed by atoms with Crippen LogP contribution in [-0.2, 0) is 14.8 Å². The van der Waals surface area contributed by atoms with Crippen molar-refractivity contribution in [2.45, 2.75) is 31.6 Å². The molecule has 3 rings (SSSR count). The number of benzene rings is 1. The normalized spacial score (nSPS) is 18.3. The Balaban J connectivity index is 1.72. The highest BCUT2D eigenvalue weighted by Crippen LogP contribution is 2.28. The lowest BCUT2D eigenvalue weighted by atomic mass is 9.99. The van der Waals surface area contributed by atoms with E-state index in [2.05, 4.69) is 10.5 Å². The predicted molar refractivity (Wildman–Crippen MR) is 99.1 cm³/mol. The average Bonchev–Trinajstić information content (AvgIpc) is 3.01. The van der Waals surface area contributed by atoms with Crippen LogP contribution >= 0.6 is 0 Å². The summed E-state index contributed by atoms with van der Waals surface area (Å²) in [6, 6.07) is 7.01. The zero-order valence-electron chi connectivity index (χ0n) is 15.6. The van der Waals surface area contributed by atoms with Gasteiger partial charge in [0.25, 0.3) is 0 Å². The Kier molecular flexibility index (Phi) is 5.52. The molecule has 1 aromatic heterocycles. The number of aromatic nitrogens is 1. The van der Waals surface area contributed by atoms with Gasteiger partial charge in [-0.05, 0) is 51.0 Å². The molecule has 1 aliphatic heterocycles. The lowest BCUT2D eigenvalue weighted by molar-refractivity contribution is -0.120. The molecule has 8 nitrogen and oxygen atoms in total. The molecule has 1 aliphatic rings. The minimum Gasteiger partial charge on any atom is -0.497 e. The van der Waals surface area contributed by atoms with Gasteiger partial charge in [-0.15, -0.1) is 0 Å². The number of nitrogens with one attached hydrogen (secondary N) is 1. The fraction of sp³-hybridized carbons (Fsp3) is 0.444. The number of aryl methyl sites for hydroxylation is 2. The summed E-state index contributed by atoms with van der Waals surface area (Å²) in [5, 5.41) is 6.58. The van der Waals surface area contributed by atoms with Crippen molar-refractivity contribution in [3.05, 3.63) is 35.7 Å². The number of carbonyl (C=O) groups excluding carboxylic acids is 1. The molecule has 2 aromatic rings. The first-order chi connectivity index (χ1) is 12.8. The maximum Gasteiger partial charge on any atom is 0.248 e. The van der Waals surface area contributed by atoms with Crippen LogP contribution in [0.2, 0.25) is 0 Å². The van der Waals surface area contributed by atoms with Gasteiger partial charge in [-0.1, -0.05) is 5.16 Å². The van der Waals surface area contributed by atoms with Gasteiger partial charge in [-0.25, -0.2) is 8.42 Å². The van der Waals surface area contributed by atoms with Crippen molar-refractivity contribution in [2.24, 2.45) is 5.92 Å². The first kappa shape index (κ1) is 19.4. The van der Waals surface area contributed by atoms with Crippen molar-refractivity contribution >= 4 is 21.6 Å². The Morgan fingerprint density at radius 2 is 2.00 bits per heavy atom. The minimum absolute atomic E-state index is 0.0960. The number of nitrogens with zero attached hydrogens (tertiary/aromatic N) is 2. The van der Waals surface area contributed by atoms with Gasteiger partial charge in [0.1, 0.15) is 16.3 Å². The fourth-order valence-electron chi connectivity index (χ4n) is 3.27. The molecule has 1 saturated heterocycles. The lowest BCUT2D eigenvalue weighted by Crippen LogP contribution is -2.43. The van der Waals surface area contributed by atoms with E-state index in [1.165, 1.54) is 4.31 Å². The van der Waals surface area contributed by atoms with Crippen LogP contribution < -0.4 is 10.1 Å². The first-order valence-corrected chi connectivity index (χ1v) is 10.1. The van der Waals surface area contributed by atoms with E-state index < -0.39 is 15.9 Å². The highest BCUT2D eigenvalue weighted by molar-refractivity contribution is 7.89. The summed E-state index contributed by atoms with van der Waals surface area (Å²) in [5.41, 5.74) is 0.976. The van der Waals surface area contributed by atoms with E-state index in [0.29, 0.717) is 36.5 Å². The van der Waals surface area contributed by atoms with Crippen LogP contribution in [0.3, 0.4) is 0 Å². The molecule has 146 valence electrons. The molecule has 1 fully saturated rings. The third kappa shape index (κ3) is 3.98. The predicted octanol–water partition coefficient (Wildman–Crippen LogP) is 2.34. The number of hydrogen-bond donors (Lipinski definition) is 1. The SMILES string of the molecule is COc1ccc(NC(=O)C2CCCN(S(=O)(=O)c3c(C)noc3C)C2)cc1. The second-order valence-electron chi connectivity index (χ2n) is 6.57. The van der Waals surface area contributed by atoms with Gasteiger partial charge in [-0.2, -0.15) is 4.31 Å². The summed E-state index contributed by atoms with van der Waals surface area (Å²) in [6.45, 7) is 3.68. The number of ether oxygens (including phenoxy) is 1. The van der Waals surface area contributed by atoms with Gasteiger partial charge in [0, 0.05) is 18.8 Å². The smallest absolute Gasteiger partial charge is 0.248 e. The molecule has 0 aliphatic carbocycles. The Hall–Kier alpha value is -2.39. The first-order valence-electron chi connectivity index (χ1n) is 8.71. The molecule has 0 bridgehead atoms. The third-order valence-electron chi connectivity index (χ3n) is 4.68. The number of carbonyl (C=O) groups is 1. The van der Waals surface area contributed by atoms with Gasteiger partial charge in [-0.3, -0.25) is 4.79 Å². The standard InChI is InChI=1S/C18H23N3O5S/c1-12-17(13(2)26-20-12)27(23,24)21-10-4-5-14(11-21)18(22)19-15-6-8-16(25-3)9-7-15/h6-9,14H,4-5,10-11H2,1-3H3,(H,19,22). The second-order valence-corrected chi connectivity index (χ2v) is 8.45. The summed E-state index contributed by atoms with van der Waals surface area (Å²) in [4.78, 5) is 12.7. The number of sulfonamides is 1. The van der Waals surface area contributed by atoms with Crippen molar-refractivity contribution in [1.82, 2.24) is 9.46 Å². The van der Waals surface area contributed by atoms with Gasteiger partial charge in [0.15, 0.2) is 5.76 Å². The number of amides is 1. The van der Waals surface area contributed by atoms with E-state index >= 15 is 0 Å². The molecule has 27 heavy (non-hydrogen) atoms. The van der Waals surface area contributed by atoms with E-state index in [1.54, 1.807) is 45.2 Å². The van der Waals surface area contributed by atoms with Crippen LogP contribution in [0.4, 0.5) is 5.69 Å². The Morgan fingerprint density at radius 1 is 1.30 bits per heavy atom. The highest BCUT2D eigenvalue weighted by Gasteiger charge is 2.36. The van der Waals surface area contributed by atoms with E-state index in [4.69, 9.17) is 9.26 Å². The zero-order valence-corrected chi connectivity index (χ0v) is 16.4. The molecule has 2 heterocycles. The molecular formula is C18H23N3O5S. The van der Waals surface area contributed by atoms with Crippen molar-refractivity contribution in [3.63, 3.8) is 0 Å². The molecule has 1 N–H and O–H groups in total. The summed E-state index contributed by atoms with van der Waals surface area (Å²) in [7, 11) is -2.17. The van der Waals surface area contributed by atoms with E-state index in [1.807, 2.05) is 0 Å². The summed E-state index contributed by atoms with van der Waals surface area (Å²) < 4.78 is 37.4. The van der Waals surface area contributed by atoms with E-state index in [-0.39, 0.29) is 23.1 Å². The number of hydrogen-bond acceptors (Lipinski definition) is 6. The van der Waals surface area contributed by atoms with Gasteiger partial charge < -0.3 is 14.6 Å². The second kappa shape index (κ2) is 7.69. The Bertz CT molecular complexity index is 901. The molecule has 1 amide bonds. The van der Waals surface area contributed by atoms with Crippen LogP contribution in [0, 0.1) is 19.8 Å². The molecule has 0 saturated carbocycles. The van der Waals surface area contributed by atoms with Crippen LogP contribution in [0.5, 0.6) is 5.75 Å². The summed E-state index contributed by atoms with van der Waals surface area (Å²) in [6.07, 6.45) is 1.25. The van der Waals surface area contributed by atoms with E-state index in [0.717, 1.165) is 0 Å². The topological polar surface area (TPSA) is 102 Å². The number of piperidine rings is 1. The maximum atomic E-state index is 13.0. The quantitative estimate of drug-likeness (QED) is 0.837. The van der Waals surface area contributed by atoms with Gasteiger partial charge in [0.2, 0.25) is 15.9 Å². The van der Waals surface area contributed by atoms with Crippen LogP contribution in [0.15, 0.2) is 33.7 Å². The van der Waals surface area contributed by atoms with Crippen LogP contribution in [0.25, 0.3) is 0 Å². The molecule has 9 heteroatoms. The minimum atomic E-state index is -3.75. The molecule has 0 spiro atoms. The number of anilines is 1.